The fourth-order valence-electron chi connectivity index (χ4n) is 4.69. The fourth-order valence-corrected chi connectivity index (χ4v) is 4.69. The molecule has 0 unspecified atom stereocenters. The quantitative estimate of drug-likeness (QED) is 0.506. The molecule has 1 fully saturated rings. The molecular formula is C25H34. The molecule has 0 aliphatic heterocycles. The highest BCUT2D eigenvalue weighted by atomic mass is 14.4. The highest BCUT2D eigenvalue weighted by Gasteiger charge is 2.34. The van der Waals surface area contributed by atoms with Crippen LogP contribution in [0.25, 0.3) is 0 Å². The van der Waals surface area contributed by atoms with E-state index in [1.807, 2.05) is 0 Å². The first-order valence-corrected chi connectivity index (χ1v) is 10.4. The summed E-state index contributed by atoms with van der Waals surface area (Å²) in [6.45, 7) is 4.63. The molecule has 0 amide bonds. The van der Waals surface area contributed by atoms with Crippen molar-refractivity contribution >= 4 is 0 Å². The smallest absolute Gasteiger partial charge is 0.00494 e. The van der Waals surface area contributed by atoms with Crippen LogP contribution in [0.15, 0.2) is 54.6 Å². The predicted octanol–water partition coefficient (Wildman–Crippen LogP) is 7.11. The van der Waals surface area contributed by atoms with Crippen LogP contribution in [0, 0.1) is 5.92 Å². The van der Waals surface area contributed by atoms with Crippen LogP contribution in [-0.4, -0.2) is 0 Å². The zero-order chi connectivity index (χ0) is 17.5. The molecule has 0 spiro atoms. The topological polar surface area (TPSA) is 0 Å². The Morgan fingerprint density at radius 3 is 1.96 bits per heavy atom. The molecule has 0 nitrogen and oxygen atoms in total. The molecule has 2 aromatic rings. The van der Waals surface area contributed by atoms with Crippen molar-refractivity contribution in [3.8, 4) is 0 Å². The van der Waals surface area contributed by atoms with Crippen molar-refractivity contribution in [1.29, 1.82) is 0 Å². The van der Waals surface area contributed by atoms with Crippen LogP contribution in [0.2, 0.25) is 0 Å². The second-order valence-electron chi connectivity index (χ2n) is 8.05. The van der Waals surface area contributed by atoms with E-state index in [9.17, 15) is 0 Å². The van der Waals surface area contributed by atoms with E-state index in [2.05, 4.69) is 68.4 Å². The normalized spacial score (nSPS) is 23.5. The van der Waals surface area contributed by atoms with E-state index >= 15 is 0 Å². The lowest BCUT2D eigenvalue weighted by Gasteiger charge is -2.40. The number of hydrogen-bond acceptors (Lipinski definition) is 0. The molecule has 0 atom stereocenters. The third-order valence-electron chi connectivity index (χ3n) is 6.53. The highest BCUT2D eigenvalue weighted by molar-refractivity contribution is 5.26. The molecule has 0 heteroatoms. The first-order chi connectivity index (χ1) is 12.3. The molecule has 2 aromatic carbocycles. The fraction of sp³-hybridized carbons (Fsp3) is 0.520. The predicted molar refractivity (Wildman–Crippen MR) is 109 cm³/mol. The SMILES string of the molecule is CCCc1ccc(CCC2CCC(CC)(c3ccccc3)CC2)cc1. The Balaban J connectivity index is 1.52. The van der Waals surface area contributed by atoms with Gasteiger partial charge in [-0.2, -0.15) is 0 Å². The molecule has 134 valence electrons. The number of benzene rings is 2. The minimum absolute atomic E-state index is 0.444. The second kappa shape index (κ2) is 8.70. The molecule has 0 N–H and O–H groups in total. The van der Waals surface area contributed by atoms with Crippen molar-refractivity contribution < 1.29 is 0 Å². The van der Waals surface area contributed by atoms with Crippen LogP contribution in [-0.2, 0) is 18.3 Å². The van der Waals surface area contributed by atoms with E-state index < -0.39 is 0 Å². The zero-order valence-corrected chi connectivity index (χ0v) is 16.1. The molecule has 25 heavy (non-hydrogen) atoms. The summed E-state index contributed by atoms with van der Waals surface area (Å²) < 4.78 is 0. The Kier molecular flexibility index (Phi) is 6.34. The van der Waals surface area contributed by atoms with Gasteiger partial charge in [-0.05, 0) is 79.4 Å². The maximum atomic E-state index is 2.38. The molecule has 0 radical (unpaired) electrons. The van der Waals surface area contributed by atoms with Gasteiger partial charge in [0.1, 0.15) is 0 Å². The number of hydrogen-bond donors (Lipinski definition) is 0. The van der Waals surface area contributed by atoms with Crippen molar-refractivity contribution in [3.63, 3.8) is 0 Å². The first kappa shape index (κ1) is 18.2. The Morgan fingerprint density at radius 2 is 1.40 bits per heavy atom. The van der Waals surface area contributed by atoms with Crippen molar-refractivity contribution in [2.45, 2.75) is 77.0 Å². The van der Waals surface area contributed by atoms with Gasteiger partial charge in [-0.1, -0.05) is 74.9 Å². The maximum Gasteiger partial charge on any atom is -0.00494 e. The first-order valence-electron chi connectivity index (χ1n) is 10.4. The Bertz CT molecular complexity index is 615. The van der Waals surface area contributed by atoms with Crippen molar-refractivity contribution in [1.82, 2.24) is 0 Å². The molecule has 0 aromatic heterocycles. The molecule has 1 aliphatic rings. The second-order valence-corrected chi connectivity index (χ2v) is 8.05. The van der Waals surface area contributed by atoms with Crippen molar-refractivity contribution in [2.75, 3.05) is 0 Å². The van der Waals surface area contributed by atoms with E-state index in [4.69, 9.17) is 0 Å². The minimum Gasteiger partial charge on any atom is -0.0651 e. The van der Waals surface area contributed by atoms with Gasteiger partial charge in [0.25, 0.3) is 0 Å². The summed E-state index contributed by atoms with van der Waals surface area (Å²) in [6, 6.07) is 20.6. The third-order valence-corrected chi connectivity index (χ3v) is 6.53. The van der Waals surface area contributed by atoms with Gasteiger partial charge >= 0.3 is 0 Å². The summed E-state index contributed by atoms with van der Waals surface area (Å²) in [5.74, 6) is 0.915. The monoisotopic (exact) mass is 334 g/mol. The van der Waals surface area contributed by atoms with Crippen molar-refractivity contribution in [3.05, 3.63) is 71.3 Å². The van der Waals surface area contributed by atoms with Crippen LogP contribution in [0.4, 0.5) is 0 Å². The van der Waals surface area contributed by atoms with Gasteiger partial charge in [0.15, 0.2) is 0 Å². The largest absolute Gasteiger partial charge is 0.0651 e. The summed E-state index contributed by atoms with van der Waals surface area (Å²) in [5.41, 5.74) is 5.02. The molecule has 0 heterocycles. The molecule has 0 saturated heterocycles. The highest BCUT2D eigenvalue weighted by Crippen LogP contribution is 2.44. The van der Waals surface area contributed by atoms with Crippen molar-refractivity contribution in [2.24, 2.45) is 5.92 Å². The average molecular weight is 335 g/mol. The summed E-state index contributed by atoms with van der Waals surface area (Å²) in [5, 5.41) is 0. The minimum atomic E-state index is 0.444. The molecule has 3 rings (SSSR count). The van der Waals surface area contributed by atoms with E-state index in [-0.39, 0.29) is 0 Å². The summed E-state index contributed by atoms with van der Waals surface area (Å²) in [4.78, 5) is 0. The van der Waals surface area contributed by atoms with E-state index in [0.717, 1.165) is 5.92 Å². The van der Waals surface area contributed by atoms with Gasteiger partial charge in [0, 0.05) is 0 Å². The lowest BCUT2D eigenvalue weighted by molar-refractivity contribution is 0.216. The summed E-state index contributed by atoms with van der Waals surface area (Å²) in [6.07, 6.45) is 11.9. The van der Waals surface area contributed by atoms with Crippen LogP contribution in [0.5, 0.6) is 0 Å². The molecule has 1 saturated carbocycles. The van der Waals surface area contributed by atoms with Gasteiger partial charge in [-0.3, -0.25) is 0 Å². The summed E-state index contributed by atoms with van der Waals surface area (Å²) >= 11 is 0. The lowest BCUT2D eigenvalue weighted by Crippen LogP contribution is -2.31. The average Bonchev–Trinajstić information content (AvgIpc) is 2.69. The van der Waals surface area contributed by atoms with E-state index in [1.54, 1.807) is 5.56 Å². The molecular weight excluding hydrogens is 300 g/mol. The Labute approximate surface area is 154 Å². The molecule has 1 aliphatic carbocycles. The van der Waals surface area contributed by atoms with E-state index in [0.29, 0.717) is 5.41 Å². The van der Waals surface area contributed by atoms with Crippen LogP contribution in [0.3, 0.4) is 0 Å². The Hall–Kier alpha value is -1.56. The van der Waals surface area contributed by atoms with Gasteiger partial charge in [-0.15, -0.1) is 0 Å². The third kappa shape index (κ3) is 4.54. The van der Waals surface area contributed by atoms with Gasteiger partial charge in [0.2, 0.25) is 0 Å². The Morgan fingerprint density at radius 1 is 0.800 bits per heavy atom. The van der Waals surface area contributed by atoms with Crippen LogP contribution in [0.1, 0.15) is 75.5 Å². The van der Waals surface area contributed by atoms with Gasteiger partial charge in [0.05, 0.1) is 0 Å². The standard InChI is InChI=1S/C25H34/c1-3-8-21-11-13-22(14-12-21)15-16-23-17-19-25(4-2,20-18-23)24-9-6-5-7-10-24/h5-7,9-14,23H,3-4,8,15-20H2,1-2H3. The number of aryl methyl sites for hydroxylation is 2. The molecule has 0 bridgehead atoms. The van der Waals surface area contributed by atoms with E-state index in [1.165, 1.54) is 68.9 Å². The summed E-state index contributed by atoms with van der Waals surface area (Å²) in [7, 11) is 0. The maximum absolute atomic E-state index is 2.38. The van der Waals surface area contributed by atoms with Gasteiger partial charge < -0.3 is 0 Å². The van der Waals surface area contributed by atoms with Gasteiger partial charge in [-0.25, -0.2) is 0 Å². The van der Waals surface area contributed by atoms with Crippen LogP contribution < -0.4 is 0 Å². The number of rotatable bonds is 7. The van der Waals surface area contributed by atoms with Crippen LogP contribution >= 0.6 is 0 Å². The lowest BCUT2D eigenvalue weighted by atomic mass is 9.64. The zero-order valence-electron chi connectivity index (χ0n) is 16.1.